The van der Waals surface area contributed by atoms with Crippen LogP contribution in [0.4, 0.5) is 0 Å². The van der Waals surface area contributed by atoms with Gasteiger partial charge in [0.1, 0.15) is 0 Å². The molecular weight excluding hydrogens is 370 g/mol. The van der Waals surface area contributed by atoms with Crippen LogP contribution in [-0.4, -0.2) is 16.6 Å². The molecule has 0 bridgehead atoms. The van der Waals surface area contributed by atoms with Crippen molar-refractivity contribution < 1.29 is 9.53 Å². The number of hydrogen-bond acceptors (Lipinski definition) is 3. The molecule has 0 spiro atoms. The maximum absolute atomic E-state index is 12.9. The molecule has 4 aliphatic carbocycles. The van der Waals surface area contributed by atoms with Gasteiger partial charge in [0.15, 0.2) is 5.60 Å². The van der Waals surface area contributed by atoms with Crippen molar-refractivity contribution in [3.8, 4) is 12.3 Å². The quantitative estimate of drug-likeness (QED) is 0.355. The van der Waals surface area contributed by atoms with E-state index in [1.165, 1.54) is 32.1 Å². The van der Waals surface area contributed by atoms with Gasteiger partial charge < -0.3 is 4.74 Å². The summed E-state index contributed by atoms with van der Waals surface area (Å²) >= 11 is 0. The highest BCUT2D eigenvalue weighted by molar-refractivity contribution is 5.89. The summed E-state index contributed by atoms with van der Waals surface area (Å²) in [5.41, 5.74) is -0.0454. The van der Waals surface area contributed by atoms with Gasteiger partial charge in [0.05, 0.1) is 5.56 Å². The third kappa shape index (κ3) is 2.65. The summed E-state index contributed by atoms with van der Waals surface area (Å²) in [7, 11) is 0. The fourth-order valence-corrected chi connectivity index (χ4v) is 7.97. The fourth-order valence-electron chi connectivity index (χ4n) is 7.97. The molecule has 1 aromatic heterocycles. The standard InChI is InChI=1S/C27H33NO2/c1-4-27(30-24(29)19-8-7-17-28-18-19)16-13-23-21-11-10-20-9-5-6-14-25(20,2)22(21)12-15-26(23,27)3/h1,5-8,17-18,20-23H,9-16H2,2-3H3/t20-,21-,22+,23+,25+,26+,27+/m1/s1. The Bertz CT molecular complexity index is 901. The molecule has 3 nitrogen and oxygen atoms in total. The minimum Gasteiger partial charge on any atom is -0.442 e. The number of ether oxygens (including phenoxy) is 1. The Hall–Kier alpha value is -2.08. The normalized spacial score (nSPS) is 44.3. The Kier molecular flexibility index (Phi) is 4.62. The van der Waals surface area contributed by atoms with E-state index in [1.807, 2.05) is 0 Å². The lowest BCUT2D eigenvalue weighted by atomic mass is 9.45. The fraction of sp³-hybridized carbons (Fsp3) is 0.630. The molecule has 3 heteroatoms. The second-order valence-electron chi connectivity index (χ2n) is 10.7. The number of terminal acetylenes is 1. The van der Waals surface area contributed by atoms with Gasteiger partial charge in [-0.15, -0.1) is 6.42 Å². The van der Waals surface area contributed by atoms with Crippen molar-refractivity contribution in [2.24, 2.45) is 34.5 Å². The van der Waals surface area contributed by atoms with Crippen molar-refractivity contribution in [3.05, 3.63) is 42.2 Å². The molecule has 0 radical (unpaired) electrons. The van der Waals surface area contributed by atoms with Crippen LogP contribution in [0.25, 0.3) is 0 Å². The zero-order valence-corrected chi connectivity index (χ0v) is 18.3. The summed E-state index contributed by atoms with van der Waals surface area (Å²) in [6.45, 7) is 4.86. The largest absolute Gasteiger partial charge is 0.442 e. The molecule has 1 heterocycles. The molecular formula is C27H33NO2. The van der Waals surface area contributed by atoms with Gasteiger partial charge in [-0.25, -0.2) is 4.79 Å². The second kappa shape index (κ2) is 6.98. The van der Waals surface area contributed by atoms with Gasteiger partial charge in [-0.2, -0.15) is 0 Å². The van der Waals surface area contributed by atoms with Gasteiger partial charge in [0.2, 0.25) is 0 Å². The van der Waals surface area contributed by atoms with Crippen LogP contribution in [-0.2, 0) is 4.74 Å². The molecule has 0 saturated heterocycles. The van der Waals surface area contributed by atoms with Crippen molar-refractivity contribution >= 4 is 5.97 Å². The van der Waals surface area contributed by atoms with Gasteiger partial charge in [0.25, 0.3) is 0 Å². The first-order chi connectivity index (χ1) is 14.4. The van der Waals surface area contributed by atoms with E-state index in [4.69, 9.17) is 11.2 Å². The molecule has 158 valence electrons. The molecule has 0 amide bonds. The first-order valence-electron chi connectivity index (χ1n) is 11.7. The number of hydrogen-bond donors (Lipinski definition) is 0. The van der Waals surface area contributed by atoms with E-state index in [2.05, 4.69) is 36.9 Å². The van der Waals surface area contributed by atoms with Gasteiger partial charge in [0, 0.05) is 17.8 Å². The molecule has 30 heavy (non-hydrogen) atoms. The Morgan fingerprint density at radius 2 is 2.00 bits per heavy atom. The van der Waals surface area contributed by atoms with E-state index in [1.54, 1.807) is 24.5 Å². The molecule has 0 aliphatic heterocycles. The maximum atomic E-state index is 12.9. The number of fused-ring (bicyclic) bond motifs is 5. The number of carbonyl (C=O) groups is 1. The summed E-state index contributed by atoms with van der Waals surface area (Å²) in [4.78, 5) is 17.0. The molecule has 0 aromatic carbocycles. The van der Waals surface area contributed by atoms with Crippen LogP contribution in [0.1, 0.15) is 75.6 Å². The minimum absolute atomic E-state index is 0.144. The number of allylic oxidation sites excluding steroid dienone is 2. The minimum atomic E-state index is -0.806. The van der Waals surface area contributed by atoms with E-state index in [9.17, 15) is 4.79 Å². The van der Waals surface area contributed by atoms with Crippen molar-refractivity contribution in [3.63, 3.8) is 0 Å². The van der Waals surface area contributed by atoms with Crippen LogP contribution >= 0.6 is 0 Å². The Balaban J connectivity index is 1.44. The number of aromatic nitrogens is 1. The number of nitrogens with zero attached hydrogens (tertiary/aromatic N) is 1. The van der Waals surface area contributed by atoms with Gasteiger partial charge in [-0.05, 0) is 92.6 Å². The summed E-state index contributed by atoms with van der Waals surface area (Å²) in [6.07, 6.45) is 23.4. The van der Waals surface area contributed by atoms with E-state index in [0.29, 0.717) is 22.8 Å². The predicted octanol–water partition coefficient (Wildman–Crippen LogP) is 5.82. The lowest BCUT2D eigenvalue weighted by Crippen LogP contribution is -2.56. The third-order valence-corrected chi connectivity index (χ3v) is 9.73. The summed E-state index contributed by atoms with van der Waals surface area (Å²) in [6, 6.07) is 3.52. The van der Waals surface area contributed by atoms with Crippen LogP contribution in [0.5, 0.6) is 0 Å². The highest BCUT2D eigenvalue weighted by Gasteiger charge is 2.66. The summed E-state index contributed by atoms with van der Waals surface area (Å²) in [5.74, 6) is 5.50. The van der Waals surface area contributed by atoms with Crippen LogP contribution in [0, 0.1) is 46.8 Å². The maximum Gasteiger partial charge on any atom is 0.341 e. The first kappa shape index (κ1) is 19.9. The second-order valence-corrected chi connectivity index (χ2v) is 10.7. The Morgan fingerprint density at radius 1 is 1.17 bits per heavy atom. The molecule has 5 rings (SSSR count). The highest BCUT2D eigenvalue weighted by atomic mass is 16.6. The first-order valence-corrected chi connectivity index (χ1v) is 11.7. The smallest absolute Gasteiger partial charge is 0.341 e. The molecule has 4 aliphatic rings. The summed E-state index contributed by atoms with van der Waals surface area (Å²) < 4.78 is 6.19. The zero-order valence-electron chi connectivity index (χ0n) is 18.3. The molecule has 0 unspecified atom stereocenters. The Morgan fingerprint density at radius 3 is 2.77 bits per heavy atom. The lowest BCUT2D eigenvalue weighted by molar-refractivity contribution is -0.129. The third-order valence-electron chi connectivity index (χ3n) is 9.73. The number of rotatable bonds is 2. The predicted molar refractivity (Wildman–Crippen MR) is 117 cm³/mol. The number of esters is 1. The van der Waals surface area contributed by atoms with Gasteiger partial charge in [-0.3, -0.25) is 4.98 Å². The van der Waals surface area contributed by atoms with E-state index in [0.717, 1.165) is 31.1 Å². The van der Waals surface area contributed by atoms with Crippen molar-refractivity contribution in [1.82, 2.24) is 4.98 Å². The van der Waals surface area contributed by atoms with Crippen molar-refractivity contribution in [2.75, 3.05) is 0 Å². The molecule has 3 saturated carbocycles. The Labute approximate surface area is 180 Å². The van der Waals surface area contributed by atoms with E-state index in [-0.39, 0.29) is 11.4 Å². The molecule has 3 fully saturated rings. The molecule has 1 aromatic rings. The van der Waals surface area contributed by atoms with E-state index >= 15 is 0 Å². The SMILES string of the molecule is C#C[C@]1(OC(=O)c2cccnc2)CC[C@H]2[C@@H]3CC[C@H]4CC=CC[C@]4(C)[C@H]3CC[C@@]21C. The van der Waals surface area contributed by atoms with Crippen LogP contribution in [0.3, 0.4) is 0 Å². The van der Waals surface area contributed by atoms with E-state index < -0.39 is 5.60 Å². The van der Waals surface area contributed by atoms with Crippen molar-refractivity contribution in [2.45, 2.75) is 70.8 Å². The number of pyridine rings is 1. The zero-order chi connectivity index (χ0) is 21.0. The van der Waals surface area contributed by atoms with Gasteiger partial charge in [-0.1, -0.05) is 31.9 Å². The lowest BCUT2D eigenvalue weighted by Gasteiger charge is -2.60. The average Bonchev–Trinajstić information content (AvgIpc) is 3.06. The van der Waals surface area contributed by atoms with Gasteiger partial charge >= 0.3 is 5.97 Å². The van der Waals surface area contributed by atoms with Crippen LogP contribution in [0.15, 0.2) is 36.7 Å². The number of carbonyl (C=O) groups excluding carboxylic acids is 1. The molecule has 0 N–H and O–H groups in total. The summed E-state index contributed by atoms with van der Waals surface area (Å²) in [5, 5.41) is 0. The topological polar surface area (TPSA) is 39.2 Å². The van der Waals surface area contributed by atoms with Crippen LogP contribution in [0.2, 0.25) is 0 Å². The highest BCUT2D eigenvalue weighted by Crippen LogP contribution is 2.68. The monoisotopic (exact) mass is 403 g/mol. The average molecular weight is 404 g/mol. The van der Waals surface area contributed by atoms with Crippen LogP contribution < -0.4 is 0 Å². The molecule has 7 atom stereocenters. The van der Waals surface area contributed by atoms with Crippen molar-refractivity contribution in [1.29, 1.82) is 0 Å².